The second-order valence-corrected chi connectivity index (χ2v) is 3.30. The van der Waals surface area contributed by atoms with Crippen LogP contribution < -0.4 is 5.32 Å². The number of rotatable bonds is 4. The number of hydrogen-bond donors (Lipinski definition) is 2. The number of carbonyl (C=O) groups excluding carboxylic acids is 1. The number of phenols is 1. The van der Waals surface area contributed by atoms with Crippen molar-refractivity contribution in [3.05, 3.63) is 29.8 Å². The van der Waals surface area contributed by atoms with Crippen molar-refractivity contribution in [2.75, 3.05) is 13.7 Å². The van der Waals surface area contributed by atoms with Crippen molar-refractivity contribution in [1.82, 2.24) is 5.32 Å². The van der Waals surface area contributed by atoms with Gasteiger partial charge in [0.1, 0.15) is 5.75 Å². The first-order valence-electron chi connectivity index (χ1n) is 4.73. The highest BCUT2D eigenvalue weighted by Crippen LogP contribution is 2.09. The normalized spacial score (nSPS) is 12.1. The topological polar surface area (TPSA) is 58.6 Å². The molecule has 0 aliphatic heterocycles. The molecular formula is C11H15NO3. The maximum Gasteiger partial charge on any atom is 0.251 e. The van der Waals surface area contributed by atoms with Gasteiger partial charge in [-0.15, -0.1) is 0 Å². The number of benzene rings is 1. The standard InChI is InChI=1S/C11H15NO3/c1-8(15-2)7-12-11(14)9-3-5-10(13)6-4-9/h3-6,8,13H,7H2,1-2H3,(H,12,14). The Balaban J connectivity index is 2.50. The van der Waals surface area contributed by atoms with Gasteiger partial charge in [-0.3, -0.25) is 4.79 Å². The molecule has 4 heteroatoms. The van der Waals surface area contributed by atoms with E-state index in [2.05, 4.69) is 5.32 Å². The molecule has 0 spiro atoms. The van der Waals surface area contributed by atoms with E-state index in [4.69, 9.17) is 9.84 Å². The van der Waals surface area contributed by atoms with E-state index in [1.54, 1.807) is 19.2 Å². The second kappa shape index (κ2) is 5.36. The lowest BCUT2D eigenvalue weighted by Gasteiger charge is -2.10. The number of ether oxygens (including phenoxy) is 1. The maximum atomic E-state index is 11.5. The lowest BCUT2D eigenvalue weighted by molar-refractivity contribution is 0.0870. The summed E-state index contributed by atoms with van der Waals surface area (Å²) >= 11 is 0. The third-order valence-corrected chi connectivity index (χ3v) is 2.08. The number of phenolic OH excluding ortho intramolecular Hbond substituents is 1. The first-order chi connectivity index (χ1) is 7.13. The average molecular weight is 209 g/mol. The van der Waals surface area contributed by atoms with E-state index in [0.717, 1.165) is 0 Å². The molecule has 15 heavy (non-hydrogen) atoms. The molecule has 0 aliphatic rings. The van der Waals surface area contributed by atoms with E-state index in [0.29, 0.717) is 12.1 Å². The number of carbonyl (C=O) groups is 1. The van der Waals surface area contributed by atoms with Crippen LogP contribution in [0.1, 0.15) is 17.3 Å². The molecule has 4 nitrogen and oxygen atoms in total. The smallest absolute Gasteiger partial charge is 0.251 e. The highest BCUT2D eigenvalue weighted by Gasteiger charge is 2.06. The van der Waals surface area contributed by atoms with Gasteiger partial charge in [-0.1, -0.05) is 0 Å². The number of aromatic hydroxyl groups is 1. The Hall–Kier alpha value is -1.55. The minimum atomic E-state index is -0.168. The molecular weight excluding hydrogens is 194 g/mol. The van der Waals surface area contributed by atoms with Crippen molar-refractivity contribution >= 4 is 5.91 Å². The summed E-state index contributed by atoms with van der Waals surface area (Å²) in [4.78, 5) is 11.5. The minimum Gasteiger partial charge on any atom is -0.508 e. The van der Waals surface area contributed by atoms with Gasteiger partial charge in [0, 0.05) is 19.2 Å². The SMILES string of the molecule is COC(C)CNC(=O)c1ccc(O)cc1. The van der Waals surface area contributed by atoms with E-state index < -0.39 is 0 Å². The Kier molecular flexibility index (Phi) is 4.12. The monoisotopic (exact) mass is 209 g/mol. The average Bonchev–Trinajstić information content (AvgIpc) is 2.26. The van der Waals surface area contributed by atoms with Gasteiger partial charge in [0.15, 0.2) is 0 Å². The molecule has 82 valence electrons. The van der Waals surface area contributed by atoms with Gasteiger partial charge < -0.3 is 15.2 Å². The third kappa shape index (κ3) is 3.59. The van der Waals surface area contributed by atoms with Crippen LogP contribution in [0.4, 0.5) is 0 Å². The van der Waals surface area contributed by atoms with E-state index in [1.807, 2.05) is 6.92 Å². The first-order valence-corrected chi connectivity index (χ1v) is 4.73. The summed E-state index contributed by atoms with van der Waals surface area (Å²) in [6, 6.07) is 6.10. The van der Waals surface area contributed by atoms with Gasteiger partial charge in [-0.2, -0.15) is 0 Å². The molecule has 1 rings (SSSR count). The second-order valence-electron chi connectivity index (χ2n) is 3.30. The number of nitrogens with one attached hydrogen (secondary N) is 1. The summed E-state index contributed by atoms with van der Waals surface area (Å²) in [5, 5.41) is 11.8. The van der Waals surface area contributed by atoms with Crippen molar-refractivity contribution in [3.8, 4) is 5.75 Å². The Morgan fingerprint density at radius 3 is 2.60 bits per heavy atom. The lowest BCUT2D eigenvalue weighted by Crippen LogP contribution is -2.31. The molecule has 2 N–H and O–H groups in total. The summed E-state index contributed by atoms with van der Waals surface area (Å²) in [6.45, 7) is 2.34. The molecule has 1 amide bonds. The fourth-order valence-electron chi connectivity index (χ4n) is 1.03. The van der Waals surface area contributed by atoms with Crippen molar-refractivity contribution < 1.29 is 14.6 Å². The van der Waals surface area contributed by atoms with Crippen LogP contribution in [-0.4, -0.2) is 30.8 Å². The maximum absolute atomic E-state index is 11.5. The van der Waals surface area contributed by atoms with Crippen LogP contribution >= 0.6 is 0 Å². The van der Waals surface area contributed by atoms with E-state index in [1.165, 1.54) is 12.1 Å². The zero-order valence-electron chi connectivity index (χ0n) is 8.86. The fourth-order valence-corrected chi connectivity index (χ4v) is 1.03. The Morgan fingerprint density at radius 2 is 2.07 bits per heavy atom. The van der Waals surface area contributed by atoms with Crippen molar-refractivity contribution in [2.45, 2.75) is 13.0 Å². The Morgan fingerprint density at radius 1 is 1.47 bits per heavy atom. The molecule has 0 radical (unpaired) electrons. The molecule has 0 heterocycles. The molecule has 0 fully saturated rings. The summed E-state index contributed by atoms with van der Waals surface area (Å²) in [5.41, 5.74) is 0.524. The summed E-state index contributed by atoms with van der Waals surface area (Å²) in [7, 11) is 1.59. The predicted molar refractivity (Wildman–Crippen MR) is 56.9 cm³/mol. The molecule has 0 aliphatic carbocycles. The number of hydrogen-bond acceptors (Lipinski definition) is 3. The first kappa shape index (κ1) is 11.5. The van der Waals surface area contributed by atoms with Gasteiger partial charge in [0.25, 0.3) is 5.91 Å². The van der Waals surface area contributed by atoms with Gasteiger partial charge in [-0.05, 0) is 31.2 Å². The van der Waals surface area contributed by atoms with Crippen LogP contribution in [0.25, 0.3) is 0 Å². The van der Waals surface area contributed by atoms with Crippen LogP contribution in [0.2, 0.25) is 0 Å². The van der Waals surface area contributed by atoms with Crippen LogP contribution in [0.3, 0.4) is 0 Å². The van der Waals surface area contributed by atoms with E-state index in [9.17, 15) is 4.79 Å². The lowest BCUT2D eigenvalue weighted by atomic mass is 10.2. The van der Waals surface area contributed by atoms with Gasteiger partial charge in [0.05, 0.1) is 6.10 Å². The van der Waals surface area contributed by atoms with Gasteiger partial charge in [-0.25, -0.2) is 0 Å². The zero-order valence-corrected chi connectivity index (χ0v) is 8.86. The van der Waals surface area contributed by atoms with Crippen LogP contribution in [0, 0.1) is 0 Å². The minimum absolute atomic E-state index is 0.00827. The number of amides is 1. The molecule has 1 aromatic carbocycles. The summed E-state index contributed by atoms with van der Waals surface area (Å²) < 4.78 is 5.00. The van der Waals surface area contributed by atoms with E-state index in [-0.39, 0.29) is 17.8 Å². The number of methoxy groups -OCH3 is 1. The molecule has 0 saturated heterocycles. The molecule has 0 bridgehead atoms. The predicted octanol–water partition coefficient (Wildman–Crippen LogP) is 1.16. The quantitative estimate of drug-likeness (QED) is 0.782. The third-order valence-electron chi connectivity index (χ3n) is 2.08. The van der Waals surface area contributed by atoms with Crippen LogP contribution in [0.15, 0.2) is 24.3 Å². The molecule has 1 unspecified atom stereocenters. The fraction of sp³-hybridized carbons (Fsp3) is 0.364. The van der Waals surface area contributed by atoms with E-state index >= 15 is 0 Å². The van der Waals surface area contributed by atoms with Crippen molar-refractivity contribution in [2.24, 2.45) is 0 Å². The van der Waals surface area contributed by atoms with Crippen molar-refractivity contribution in [3.63, 3.8) is 0 Å². The summed E-state index contributed by atoms with van der Waals surface area (Å²) in [6.07, 6.45) is -0.00827. The van der Waals surface area contributed by atoms with Gasteiger partial charge in [0.2, 0.25) is 0 Å². The molecule has 1 atom stereocenters. The molecule has 0 aromatic heterocycles. The molecule has 0 saturated carbocycles. The molecule has 1 aromatic rings. The van der Waals surface area contributed by atoms with Crippen LogP contribution in [-0.2, 0) is 4.74 Å². The highest BCUT2D eigenvalue weighted by molar-refractivity contribution is 5.94. The summed E-state index contributed by atoms with van der Waals surface area (Å²) in [5.74, 6) is -0.0179. The highest BCUT2D eigenvalue weighted by atomic mass is 16.5. The van der Waals surface area contributed by atoms with Crippen molar-refractivity contribution in [1.29, 1.82) is 0 Å². The largest absolute Gasteiger partial charge is 0.508 e. The Labute approximate surface area is 88.9 Å². The van der Waals surface area contributed by atoms with Crippen LogP contribution in [0.5, 0.6) is 5.75 Å². The Bertz CT molecular complexity index is 321. The van der Waals surface area contributed by atoms with Gasteiger partial charge >= 0.3 is 0 Å². The zero-order chi connectivity index (χ0) is 11.3.